The fourth-order valence-electron chi connectivity index (χ4n) is 1.48. The van der Waals surface area contributed by atoms with E-state index in [1.807, 2.05) is 19.2 Å². The average molecular weight is 223 g/mol. The molecule has 2 aromatic rings. The zero-order chi connectivity index (χ0) is 10.8. The summed E-state index contributed by atoms with van der Waals surface area (Å²) in [5, 5.41) is 14.3. The van der Waals surface area contributed by atoms with Gasteiger partial charge in [-0.2, -0.15) is 5.10 Å². The number of phenolic OH excluding ortho intramolecular Hbond substituents is 1. The summed E-state index contributed by atoms with van der Waals surface area (Å²) >= 11 is 5.98. The SMILES string of the molecule is Cn1ncc(Cl)c1Cc1ccccc1O. The first-order chi connectivity index (χ1) is 7.18. The van der Waals surface area contributed by atoms with Crippen molar-refractivity contribution in [2.45, 2.75) is 6.42 Å². The maximum atomic E-state index is 9.62. The van der Waals surface area contributed by atoms with Crippen LogP contribution in [0.25, 0.3) is 0 Å². The number of rotatable bonds is 2. The predicted molar refractivity (Wildman–Crippen MR) is 59.1 cm³/mol. The van der Waals surface area contributed by atoms with E-state index in [2.05, 4.69) is 5.10 Å². The molecule has 1 aromatic carbocycles. The van der Waals surface area contributed by atoms with Crippen LogP contribution < -0.4 is 0 Å². The largest absolute Gasteiger partial charge is 0.508 e. The van der Waals surface area contributed by atoms with Gasteiger partial charge in [0, 0.05) is 13.5 Å². The van der Waals surface area contributed by atoms with Crippen molar-refractivity contribution < 1.29 is 5.11 Å². The number of aromatic hydroxyl groups is 1. The number of aromatic nitrogens is 2. The Bertz CT molecular complexity index is 460. The number of para-hydroxylation sites is 1. The zero-order valence-electron chi connectivity index (χ0n) is 8.31. The molecule has 0 saturated heterocycles. The van der Waals surface area contributed by atoms with Gasteiger partial charge in [0.1, 0.15) is 5.75 Å². The zero-order valence-corrected chi connectivity index (χ0v) is 9.07. The van der Waals surface area contributed by atoms with E-state index in [-0.39, 0.29) is 5.75 Å². The fraction of sp³-hybridized carbons (Fsp3) is 0.182. The molecule has 0 aliphatic heterocycles. The first-order valence-corrected chi connectivity index (χ1v) is 4.99. The Balaban J connectivity index is 2.34. The number of hydrogen-bond acceptors (Lipinski definition) is 2. The lowest BCUT2D eigenvalue weighted by atomic mass is 10.1. The van der Waals surface area contributed by atoms with Crippen molar-refractivity contribution in [2.75, 3.05) is 0 Å². The molecule has 2 rings (SSSR count). The molecule has 4 heteroatoms. The number of aryl methyl sites for hydroxylation is 1. The summed E-state index contributed by atoms with van der Waals surface area (Å²) in [4.78, 5) is 0. The number of hydrogen-bond donors (Lipinski definition) is 1. The maximum Gasteiger partial charge on any atom is 0.119 e. The van der Waals surface area contributed by atoms with Crippen molar-refractivity contribution in [2.24, 2.45) is 7.05 Å². The van der Waals surface area contributed by atoms with Crippen LogP contribution in [0.15, 0.2) is 30.5 Å². The van der Waals surface area contributed by atoms with E-state index in [1.165, 1.54) is 0 Å². The summed E-state index contributed by atoms with van der Waals surface area (Å²) in [5.41, 5.74) is 1.75. The van der Waals surface area contributed by atoms with Gasteiger partial charge in [-0.25, -0.2) is 0 Å². The second-order valence-corrected chi connectivity index (χ2v) is 3.78. The lowest BCUT2D eigenvalue weighted by Crippen LogP contribution is -1.99. The van der Waals surface area contributed by atoms with Gasteiger partial charge >= 0.3 is 0 Å². The highest BCUT2D eigenvalue weighted by molar-refractivity contribution is 6.31. The van der Waals surface area contributed by atoms with Crippen LogP contribution in [0.1, 0.15) is 11.3 Å². The van der Waals surface area contributed by atoms with Crippen LogP contribution in [0.5, 0.6) is 5.75 Å². The van der Waals surface area contributed by atoms with Crippen LogP contribution in [0.4, 0.5) is 0 Å². The van der Waals surface area contributed by atoms with Crippen molar-refractivity contribution in [3.05, 3.63) is 46.7 Å². The van der Waals surface area contributed by atoms with Gasteiger partial charge in [-0.05, 0) is 11.6 Å². The normalized spacial score (nSPS) is 10.5. The predicted octanol–water partition coefficient (Wildman–Crippen LogP) is 2.37. The van der Waals surface area contributed by atoms with Gasteiger partial charge < -0.3 is 5.11 Å². The molecule has 0 fully saturated rings. The van der Waals surface area contributed by atoms with Crippen molar-refractivity contribution in [3.8, 4) is 5.75 Å². The van der Waals surface area contributed by atoms with Crippen LogP contribution in [0.2, 0.25) is 5.02 Å². The minimum atomic E-state index is 0.287. The molecule has 1 heterocycles. The Labute approximate surface area is 92.9 Å². The third-order valence-corrected chi connectivity index (χ3v) is 2.68. The average Bonchev–Trinajstić information content (AvgIpc) is 2.53. The van der Waals surface area contributed by atoms with Gasteiger partial charge in [0.05, 0.1) is 16.9 Å². The summed E-state index contributed by atoms with van der Waals surface area (Å²) in [6.07, 6.45) is 2.19. The highest BCUT2D eigenvalue weighted by atomic mass is 35.5. The highest BCUT2D eigenvalue weighted by Crippen LogP contribution is 2.23. The molecule has 0 saturated carbocycles. The van der Waals surface area contributed by atoms with Gasteiger partial charge in [-0.3, -0.25) is 4.68 Å². The standard InChI is InChI=1S/C11H11ClN2O/c1-14-10(9(12)7-13-14)6-8-4-2-3-5-11(8)15/h2-5,7,15H,6H2,1H3. The second-order valence-electron chi connectivity index (χ2n) is 3.37. The molecule has 78 valence electrons. The van der Waals surface area contributed by atoms with Gasteiger partial charge in [0.25, 0.3) is 0 Å². The van der Waals surface area contributed by atoms with Gasteiger partial charge in [0.15, 0.2) is 0 Å². The smallest absolute Gasteiger partial charge is 0.119 e. The molecule has 0 spiro atoms. The van der Waals surface area contributed by atoms with Gasteiger partial charge in [-0.1, -0.05) is 29.8 Å². The van der Waals surface area contributed by atoms with Gasteiger partial charge in [-0.15, -0.1) is 0 Å². The summed E-state index contributed by atoms with van der Waals surface area (Å²) in [7, 11) is 1.83. The van der Waals surface area contributed by atoms with Crippen molar-refractivity contribution >= 4 is 11.6 Å². The molecule has 3 nitrogen and oxygen atoms in total. The van der Waals surface area contributed by atoms with E-state index in [9.17, 15) is 5.11 Å². The molecule has 0 amide bonds. The Hall–Kier alpha value is -1.48. The topological polar surface area (TPSA) is 38.0 Å². The Morgan fingerprint density at radius 2 is 2.13 bits per heavy atom. The van der Waals surface area contributed by atoms with Crippen molar-refractivity contribution in [3.63, 3.8) is 0 Å². The molecule has 1 aromatic heterocycles. The Kier molecular flexibility index (Phi) is 2.64. The molecule has 0 atom stereocenters. The molecule has 15 heavy (non-hydrogen) atoms. The minimum absolute atomic E-state index is 0.287. The maximum absolute atomic E-state index is 9.62. The third kappa shape index (κ3) is 1.97. The van der Waals surface area contributed by atoms with Crippen LogP contribution >= 0.6 is 11.6 Å². The van der Waals surface area contributed by atoms with E-state index in [0.717, 1.165) is 11.3 Å². The lowest BCUT2D eigenvalue weighted by molar-refractivity contribution is 0.469. The molecule has 0 aliphatic rings. The van der Waals surface area contributed by atoms with E-state index in [4.69, 9.17) is 11.6 Å². The van der Waals surface area contributed by atoms with Crippen LogP contribution in [-0.2, 0) is 13.5 Å². The first kappa shape index (κ1) is 10.1. The summed E-state index contributed by atoms with van der Waals surface area (Å²) in [6, 6.07) is 7.22. The minimum Gasteiger partial charge on any atom is -0.508 e. The number of benzene rings is 1. The van der Waals surface area contributed by atoms with Crippen LogP contribution in [-0.4, -0.2) is 14.9 Å². The fourth-order valence-corrected chi connectivity index (χ4v) is 1.71. The number of nitrogens with zero attached hydrogens (tertiary/aromatic N) is 2. The van der Waals surface area contributed by atoms with E-state index >= 15 is 0 Å². The molecule has 0 aliphatic carbocycles. The molecule has 1 N–H and O–H groups in total. The van der Waals surface area contributed by atoms with E-state index in [1.54, 1.807) is 23.0 Å². The highest BCUT2D eigenvalue weighted by Gasteiger charge is 2.09. The quantitative estimate of drug-likeness (QED) is 0.847. The first-order valence-electron chi connectivity index (χ1n) is 4.61. The molecule has 0 radical (unpaired) electrons. The van der Waals surface area contributed by atoms with Crippen LogP contribution in [0, 0.1) is 0 Å². The van der Waals surface area contributed by atoms with Crippen molar-refractivity contribution in [1.82, 2.24) is 9.78 Å². The molecular formula is C11H11ClN2O. The summed E-state index contributed by atoms with van der Waals surface area (Å²) in [6.45, 7) is 0. The molecule has 0 bridgehead atoms. The summed E-state index contributed by atoms with van der Waals surface area (Å²) < 4.78 is 1.72. The molecular weight excluding hydrogens is 212 g/mol. The Morgan fingerprint density at radius 1 is 1.40 bits per heavy atom. The van der Waals surface area contributed by atoms with Gasteiger partial charge in [0.2, 0.25) is 0 Å². The third-order valence-electron chi connectivity index (χ3n) is 2.36. The molecule has 0 unspecified atom stereocenters. The lowest BCUT2D eigenvalue weighted by Gasteiger charge is -2.05. The second kappa shape index (κ2) is 3.95. The van der Waals surface area contributed by atoms with E-state index in [0.29, 0.717) is 11.4 Å². The van der Waals surface area contributed by atoms with Crippen molar-refractivity contribution in [1.29, 1.82) is 0 Å². The number of halogens is 1. The van der Waals surface area contributed by atoms with E-state index < -0.39 is 0 Å². The monoisotopic (exact) mass is 222 g/mol. The number of phenols is 1. The van der Waals surface area contributed by atoms with Crippen LogP contribution in [0.3, 0.4) is 0 Å². The summed E-state index contributed by atoms with van der Waals surface area (Å²) in [5.74, 6) is 0.287. The Morgan fingerprint density at radius 3 is 2.73 bits per heavy atom.